The van der Waals surface area contributed by atoms with Crippen molar-refractivity contribution in [2.75, 3.05) is 38.7 Å². The zero-order valence-electron chi connectivity index (χ0n) is 24.6. The Bertz CT molecular complexity index is 1010. The van der Waals surface area contributed by atoms with Crippen molar-refractivity contribution in [1.82, 2.24) is 5.32 Å². The number of rotatable bonds is 6. The fourth-order valence-corrected chi connectivity index (χ4v) is 6.85. The van der Waals surface area contributed by atoms with Gasteiger partial charge in [0.25, 0.3) is 0 Å². The number of hydrogen-bond acceptors (Lipinski definition) is 7. The predicted molar refractivity (Wildman–Crippen MR) is 163 cm³/mol. The van der Waals surface area contributed by atoms with Gasteiger partial charge in [-0.05, 0) is 37.7 Å². The van der Waals surface area contributed by atoms with E-state index in [0.29, 0.717) is 51.7 Å². The quantitative estimate of drug-likeness (QED) is 0.449. The van der Waals surface area contributed by atoms with Gasteiger partial charge in [0, 0.05) is 37.0 Å². The molecule has 41 heavy (non-hydrogen) atoms. The number of thioether (sulfide) groups is 1. The van der Waals surface area contributed by atoms with E-state index >= 15 is 0 Å². The number of benzene rings is 1. The molecule has 0 aromatic heterocycles. The van der Waals surface area contributed by atoms with Gasteiger partial charge < -0.3 is 19.6 Å². The van der Waals surface area contributed by atoms with Crippen LogP contribution in [0.15, 0.2) is 42.5 Å². The summed E-state index contributed by atoms with van der Waals surface area (Å²) in [5.41, 5.74) is 1.88. The fourth-order valence-electron chi connectivity index (χ4n) is 5.81. The summed E-state index contributed by atoms with van der Waals surface area (Å²) in [6.45, 7) is 7.45. The Morgan fingerprint density at radius 1 is 0.951 bits per heavy atom. The van der Waals surface area contributed by atoms with Crippen molar-refractivity contribution in [1.29, 1.82) is 0 Å². The average molecular weight is 586 g/mol. The predicted octanol–water partition coefficient (Wildman–Crippen LogP) is 5.36. The van der Waals surface area contributed by atoms with E-state index in [2.05, 4.69) is 11.9 Å². The minimum atomic E-state index is -0.623. The van der Waals surface area contributed by atoms with Crippen LogP contribution in [0.2, 0.25) is 0 Å². The second kappa shape index (κ2) is 18.3. The van der Waals surface area contributed by atoms with Crippen LogP contribution in [0.5, 0.6) is 0 Å². The van der Waals surface area contributed by atoms with Gasteiger partial charge in [0.2, 0.25) is 5.91 Å². The summed E-state index contributed by atoms with van der Waals surface area (Å²) < 4.78 is 11.3. The molecular formula is C33H47NO6S. The van der Waals surface area contributed by atoms with E-state index in [9.17, 15) is 19.2 Å². The zero-order chi connectivity index (χ0) is 29.5. The Morgan fingerprint density at radius 2 is 1.68 bits per heavy atom. The number of ketones is 2. The number of carbonyl (C=O) groups is 4. The summed E-state index contributed by atoms with van der Waals surface area (Å²) in [5, 5.41) is 2.72. The third kappa shape index (κ3) is 12.6. The molecule has 0 unspecified atom stereocenters. The summed E-state index contributed by atoms with van der Waals surface area (Å²) in [5.74, 6) is -0.881. The van der Waals surface area contributed by atoms with Crippen LogP contribution in [0, 0.1) is 23.7 Å². The van der Waals surface area contributed by atoms with Crippen molar-refractivity contribution >= 4 is 34.4 Å². The summed E-state index contributed by atoms with van der Waals surface area (Å²) >= 11 is 1.07. The maximum atomic E-state index is 13.9. The molecule has 0 spiro atoms. The highest BCUT2D eigenvalue weighted by Gasteiger charge is 2.31. The molecule has 3 rings (SSSR count). The summed E-state index contributed by atoms with van der Waals surface area (Å²) in [6.07, 6.45) is 8.02. The minimum Gasteiger partial charge on any atom is -0.377 e. The highest BCUT2D eigenvalue weighted by atomic mass is 32.2. The van der Waals surface area contributed by atoms with E-state index < -0.39 is 11.8 Å². The molecule has 1 saturated carbocycles. The molecule has 1 aliphatic carbocycles. The monoisotopic (exact) mass is 585 g/mol. The number of hydrogen-bond donors (Lipinski definition) is 1. The lowest BCUT2D eigenvalue weighted by molar-refractivity contribution is -0.128. The van der Waals surface area contributed by atoms with Crippen LogP contribution in [0.4, 0.5) is 0 Å². The van der Waals surface area contributed by atoms with Crippen molar-refractivity contribution < 1.29 is 28.7 Å². The molecule has 1 saturated heterocycles. The second-order valence-corrected chi connectivity index (χ2v) is 12.7. The second-order valence-electron chi connectivity index (χ2n) is 11.6. The largest absolute Gasteiger partial charge is 0.377 e. The van der Waals surface area contributed by atoms with Gasteiger partial charge >= 0.3 is 0 Å². The SMILES string of the molecule is C=C1COCCOCCNC(=O)[C@@H](CC(C)=O)CSC(=O)[C@H](Cc2ccccc2)CC(=O)[C@H](CC2CCCCC2)C1. The molecule has 2 aliphatic rings. The van der Waals surface area contributed by atoms with E-state index in [1.807, 2.05) is 30.3 Å². The molecule has 226 valence electrons. The molecule has 1 aromatic carbocycles. The first-order valence-corrected chi connectivity index (χ1v) is 16.1. The van der Waals surface area contributed by atoms with Gasteiger partial charge in [0.1, 0.15) is 11.6 Å². The molecule has 8 heteroatoms. The van der Waals surface area contributed by atoms with Crippen LogP contribution in [0.1, 0.15) is 70.3 Å². The maximum absolute atomic E-state index is 13.9. The smallest absolute Gasteiger partial charge is 0.224 e. The van der Waals surface area contributed by atoms with Gasteiger partial charge in [0.05, 0.1) is 32.3 Å². The number of ether oxygens (including phenoxy) is 2. The highest BCUT2D eigenvalue weighted by molar-refractivity contribution is 8.13. The van der Waals surface area contributed by atoms with Gasteiger partial charge in [-0.25, -0.2) is 0 Å². The first-order valence-electron chi connectivity index (χ1n) is 15.1. The Morgan fingerprint density at radius 3 is 2.41 bits per heavy atom. The van der Waals surface area contributed by atoms with Crippen LogP contribution >= 0.6 is 11.8 Å². The number of amides is 1. The molecular weight excluding hydrogens is 538 g/mol. The number of Topliss-reactive ketones (excluding diaryl/α,β-unsaturated/α-hetero) is 2. The van der Waals surface area contributed by atoms with Gasteiger partial charge in [-0.2, -0.15) is 0 Å². The van der Waals surface area contributed by atoms with Crippen LogP contribution in [0.3, 0.4) is 0 Å². The van der Waals surface area contributed by atoms with E-state index in [4.69, 9.17) is 9.47 Å². The Kier molecular flexibility index (Phi) is 14.8. The zero-order valence-corrected chi connectivity index (χ0v) is 25.4. The van der Waals surface area contributed by atoms with Gasteiger partial charge in [-0.1, -0.05) is 86.3 Å². The van der Waals surface area contributed by atoms with E-state index in [0.717, 1.165) is 42.2 Å². The minimum absolute atomic E-state index is 0.0642. The van der Waals surface area contributed by atoms with Crippen molar-refractivity contribution in [2.24, 2.45) is 23.7 Å². The molecule has 1 aliphatic heterocycles. The van der Waals surface area contributed by atoms with E-state index in [-0.39, 0.29) is 47.1 Å². The number of carbonyl (C=O) groups excluding carboxylic acids is 4. The van der Waals surface area contributed by atoms with E-state index in [1.54, 1.807) is 0 Å². The normalized spacial score (nSPS) is 25.5. The molecule has 7 nitrogen and oxygen atoms in total. The summed E-state index contributed by atoms with van der Waals surface area (Å²) in [6, 6.07) is 9.75. The highest BCUT2D eigenvalue weighted by Crippen LogP contribution is 2.33. The van der Waals surface area contributed by atoms with Gasteiger partial charge in [-0.3, -0.25) is 14.4 Å². The number of nitrogens with one attached hydrogen (secondary N) is 1. The fraction of sp³-hybridized carbons (Fsp3) is 0.636. The summed E-state index contributed by atoms with van der Waals surface area (Å²) in [7, 11) is 0. The van der Waals surface area contributed by atoms with Crippen LogP contribution in [-0.2, 0) is 35.1 Å². The molecule has 1 aromatic rings. The van der Waals surface area contributed by atoms with Gasteiger partial charge in [-0.15, -0.1) is 0 Å². The topological polar surface area (TPSA) is 98.8 Å². The van der Waals surface area contributed by atoms with Crippen molar-refractivity contribution in [3.05, 3.63) is 48.0 Å². The molecule has 1 N–H and O–H groups in total. The molecule has 3 atom stereocenters. The Hall–Kier alpha value is -2.29. The van der Waals surface area contributed by atoms with Crippen LogP contribution < -0.4 is 5.32 Å². The van der Waals surface area contributed by atoms with Crippen LogP contribution in [0.25, 0.3) is 0 Å². The molecule has 0 radical (unpaired) electrons. The van der Waals surface area contributed by atoms with E-state index in [1.165, 1.54) is 26.2 Å². The van der Waals surface area contributed by atoms with Crippen molar-refractivity contribution in [3.8, 4) is 0 Å². The first kappa shape index (κ1) is 33.2. The third-order valence-corrected chi connectivity index (χ3v) is 9.18. The molecule has 1 heterocycles. The van der Waals surface area contributed by atoms with Crippen molar-refractivity contribution in [2.45, 2.75) is 71.1 Å². The first-order chi connectivity index (χ1) is 19.8. The standard InChI is InChI=1S/C33H47NO6S/c1-24-17-28(19-26-9-5-3-6-10-26)31(36)21-29(20-27-11-7-4-8-12-27)33(38)41-23-30(18-25(2)35)32(37)34-13-14-39-15-16-40-22-24/h4,7-8,11-12,26,28-30H,1,3,5-6,9-10,13-23H2,2H3,(H,34,37)/t28-,29+,30-/m0/s1. The maximum Gasteiger partial charge on any atom is 0.224 e. The summed E-state index contributed by atoms with van der Waals surface area (Å²) in [4.78, 5) is 52.3. The molecule has 2 fully saturated rings. The lowest BCUT2D eigenvalue weighted by Gasteiger charge is -2.27. The third-order valence-electron chi connectivity index (χ3n) is 7.99. The Balaban J connectivity index is 1.81. The average Bonchev–Trinajstić information content (AvgIpc) is 2.96. The lowest BCUT2D eigenvalue weighted by atomic mass is 9.78. The van der Waals surface area contributed by atoms with Crippen molar-refractivity contribution in [3.63, 3.8) is 0 Å². The lowest BCUT2D eigenvalue weighted by Crippen LogP contribution is -2.36. The van der Waals surface area contributed by atoms with Gasteiger partial charge in [0.15, 0.2) is 5.12 Å². The molecule has 1 amide bonds. The molecule has 0 bridgehead atoms. The Labute approximate surface area is 249 Å². The van der Waals surface area contributed by atoms with Crippen LogP contribution in [-0.4, -0.2) is 61.3 Å².